The SMILES string of the molecule is C=C1COS(=O)O1. The van der Waals surface area contributed by atoms with E-state index in [-0.39, 0.29) is 6.61 Å². The molecule has 1 fully saturated rings. The Labute approximate surface area is 43.8 Å². The molecule has 4 heteroatoms. The molecule has 0 saturated carbocycles. The molecule has 1 unspecified atom stereocenters. The summed E-state index contributed by atoms with van der Waals surface area (Å²) in [4.78, 5) is 0. The highest BCUT2D eigenvalue weighted by molar-refractivity contribution is 7.75. The van der Waals surface area contributed by atoms with Crippen LogP contribution in [-0.2, 0) is 19.7 Å². The van der Waals surface area contributed by atoms with Crippen LogP contribution in [-0.4, -0.2) is 10.8 Å². The Morgan fingerprint density at radius 2 is 2.57 bits per heavy atom. The molecule has 0 aliphatic carbocycles. The second-order valence-electron chi connectivity index (χ2n) is 1.09. The van der Waals surface area contributed by atoms with Crippen LogP contribution >= 0.6 is 0 Å². The van der Waals surface area contributed by atoms with Gasteiger partial charge in [0.15, 0.2) is 0 Å². The monoisotopic (exact) mass is 120 g/mol. The zero-order chi connectivity index (χ0) is 5.28. The average Bonchev–Trinajstić information content (AvgIpc) is 1.87. The highest BCUT2D eigenvalue weighted by Crippen LogP contribution is 2.08. The fourth-order valence-corrected chi connectivity index (χ4v) is 0.775. The van der Waals surface area contributed by atoms with Crippen LogP contribution in [0.1, 0.15) is 0 Å². The van der Waals surface area contributed by atoms with Gasteiger partial charge in [-0.1, -0.05) is 6.58 Å². The lowest BCUT2D eigenvalue weighted by molar-refractivity contribution is 0.408. The average molecular weight is 120 g/mol. The molecule has 3 nitrogen and oxygen atoms in total. The number of hydrogen-bond acceptors (Lipinski definition) is 3. The van der Waals surface area contributed by atoms with Crippen LogP contribution in [0.2, 0.25) is 0 Å². The molecule has 0 bridgehead atoms. The van der Waals surface area contributed by atoms with Crippen LogP contribution in [0.3, 0.4) is 0 Å². The molecule has 0 spiro atoms. The lowest BCUT2D eigenvalue weighted by atomic mass is 10.6. The van der Waals surface area contributed by atoms with Crippen LogP contribution in [0.4, 0.5) is 0 Å². The maximum absolute atomic E-state index is 10.1. The Hall–Kier alpha value is -0.350. The summed E-state index contributed by atoms with van der Waals surface area (Å²) < 4.78 is 18.9. The van der Waals surface area contributed by atoms with Crippen molar-refractivity contribution in [2.24, 2.45) is 0 Å². The standard InChI is InChI=1S/C3H4O3S/c1-3-2-5-7(4)6-3/h1-2H2. The van der Waals surface area contributed by atoms with Crippen molar-refractivity contribution >= 4 is 11.4 Å². The van der Waals surface area contributed by atoms with E-state index in [2.05, 4.69) is 14.9 Å². The van der Waals surface area contributed by atoms with Gasteiger partial charge in [0.2, 0.25) is 0 Å². The first-order valence-electron chi connectivity index (χ1n) is 1.70. The third kappa shape index (κ3) is 1.01. The first kappa shape index (κ1) is 4.80. The fourth-order valence-electron chi connectivity index (χ4n) is 0.258. The Kier molecular flexibility index (Phi) is 1.12. The van der Waals surface area contributed by atoms with Crippen LogP contribution in [0.15, 0.2) is 12.3 Å². The van der Waals surface area contributed by atoms with Crippen LogP contribution in [0.25, 0.3) is 0 Å². The minimum absolute atomic E-state index is 0.257. The molecule has 0 aromatic carbocycles. The molecule has 0 aromatic heterocycles. The first-order chi connectivity index (χ1) is 3.29. The van der Waals surface area contributed by atoms with E-state index in [9.17, 15) is 4.21 Å². The van der Waals surface area contributed by atoms with Gasteiger partial charge in [-0.15, -0.1) is 0 Å². The predicted octanol–water partition coefficient (Wildman–Crippen LogP) is 0.126. The van der Waals surface area contributed by atoms with Crippen molar-refractivity contribution in [1.82, 2.24) is 0 Å². The summed E-state index contributed by atoms with van der Waals surface area (Å²) in [5.41, 5.74) is 0. The summed E-state index contributed by atoms with van der Waals surface area (Å²) in [6.07, 6.45) is 0. The van der Waals surface area contributed by atoms with Gasteiger partial charge in [0, 0.05) is 0 Å². The largest absolute Gasteiger partial charge is 0.383 e. The van der Waals surface area contributed by atoms with Gasteiger partial charge in [-0.25, -0.2) is 0 Å². The van der Waals surface area contributed by atoms with E-state index < -0.39 is 11.4 Å². The van der Waals surface area contributed by atoms with Gasteiger partial charge in [-0.3, -0.25) is 4.18 Å². The lowest BCUT2D eigenvalue weighted by Crippen LogP contribution is -1.81. The highest BCUT2D eigenvalue weighted by atomic mass is 32.2. The molecule has 1 aliphatic heterocycles. The Morgan fingerprint density at radius 1 is 1.86 bits per heavy atom. The molecular formula is C3H4O3S. The van der Waals surface area contributed by atoms with E-state index in [0.717, 1.165) is 0 Å². The van der Waals surface area contributed by atoms with Crippen LogP contribution < -0.4 is 0 Å². The van der Waals surface area contributed by atoms with E-state index in [1.165, 1.54) is 0 Å². The van der Waals surface area contributed by atoms with Gasteiger partial charge >= 0.3 is 11.4 Å². The van der Waals surface area contributed by atoms with E-state index in [0.29, 0.717) is 5.76 Å². The normalized spacial score (nSPS) is 30.3. The van der Waals surface area contributed by atoms with Crippen LogP contribution in [0, 0.1) is 0 Å². The molecule has 0 aromatic rings. The predicted molar refractivity (Wildman–Crippen MR) is 24.3 cm³/mol. The molecule has 1 heterocycles. The van der Waals surface area contributed by atoms with Gasteiger partial charge in [-0.2, -0.15) is 4.21 Å². The molecule has 0 radical (unpaired) electrons. The maximum Gasteiger partial charge on any atom is 0.360 e. The van der Waals surface area contributed by atoms with Gasteiger partial charge in [0.25, 0.3) is 0 Å². The van der Waals surface area contributed by atoms with E-state index in [1.807, 2.05) is 0 Å². The zero-order valence-electron chi connectivity index (χ0n) is 3.55. The number of hydrogen-bond donors (Lipinski definition) is 0. The molecule has 0 N–H and O–H groups in total. The molecule has 0 amide bonds. The van der Waals surface area contributed by atoms with Gasteiger partial charge in [0.05, 0.1) is 0 Å². The molecule has 1 rings (SSSR count). The summed E-state index contributed by atoms with van der Waals surface area (Å²) in [6, 6.07) is 0. The van der Waals surface area contributed by atoms with Crippen LogP contribution in [0.5, 0.6) is 0 Å². The summed E-state index contributed by atoms with van der Waals surface area (Å²) in [5, 5.41) is 0. The topological polar surface area (TPSA) is 35.5 Å². The van der Waals surface area contributed by atoms with Gasteiger partial charge in [0.1, 0.15) is 12.4 Å². The molecule has 1 aliphatic rings. The second-order valence-corrected chi connectivity index (χ2v) is 1.90. The molecule has 1 atom stereocenters. The minimum Gasteiger partial charge on any atom is -0.383 e. The van der Waals surface area contributed by atoms with E-state index in [4.69, 9.17) is 0 Å². The summed E-state index contributed by atoms with van der Waals surface area (Å²) in [6.45, 7) is 3.62. The Morgan fingerprint density at radius 3 is 2.71 bits per heavy atom. The van der Waals surface area contributed by atoms with E-state index >= 15 is 0 Å². The third-order valence-corrected chi connectivity index (χ3v) is 1.18. The smallest absolute Gasteiger partial charge is 0.360 e. The van der Waals surface area contributed by atoms with Crippen molar-refractivity contribution in [3.63, 3.8) is 0 Å². The van der Waals surface area contributed by atoms with Crippen molar-refractivity contribution < 1.29 is 12.6 Å². The second kappa shape index (κ2) is 1.63. The quantitative estimate of drug-likeness (QED) is 0.455. The van der Waals surface area contributed by atoms with Crippen molar-refractivity contribution in [2.45, 2.75) is 0 Å². The molecular weight excluding hydrogens is 116 g/mol. The summed E-state index contributed by atoms with van der Waals surface area (Å²) in [5.74, 6) is 0.429. The van der Waals surface area contributed by atoms with Crippen molar-refractivity contribution in [2.75, 3.05) is 6.61 Å². The van der Waals surface area contributed by atoms with Gasteiger partial charge < -0.3 is 4.18 Å². The summed E-state index contributed by atoms with van der Waals surface area (Å²) >= 11 is -1.55. The third-order valence-electron chi connectivity index (χ3n) is 0.502. The van der Waals surface area contributed by atoms with Crippen molar-refractivity contribution in [3.05, 3.63) is 12.3 Å². The fraction of sp³-hybridized carbons (Fsp3) is 0.333. The molecule has 1 saturated heterocycles. The summed E-state index contributed by atoms with van der Waals surface area (Å²) in [7, 11) is 0. The Bertz CT molecular complexity index is 105. The van der Waals surface area contributed by atoms with Crippen molar-refractivity contribution in [3.8, 4) is 0 Å². The lowest BCUT2D eigenvalue weighted by Gasteiger charge is -1.81. The minimum atomic E-state index is -1.55. The van der Waals surface area contributed by atoms with E-state index in [1.54, 1.807) is 0 Å². The molecule has 7 heavy (non-hydrogen) atoms. The molecule has 40 valence electrons. The first-order valence-corrected chi connectivity index (χ1v) is 2.70. The van der Waals surface area contributed by atoms with Gasteiger partial charge in [-0.05, 0) is 0 Å². The Balaban J connectivity index is 2.55. The maximum atomic E-state index is 10.1. The zero-order valence-corrected chi connectivity index (χ0v) is 4.36. The van der Waals surface area contributed by atoms with Crippen molar-refractivity contribution in [1.29, 1.82) is 0 Å². The highest BCUT2D eigenvalue weighted by Gasteiger charge is 2.13. The number of rotatable bonds is 0.